The molecule has 0 saturated carbocycles. The quantitative estimate of drug-likeness (QED) is 0.688. The highest BCUT2D eigenvalue weighted by Crippen LogP contribution is 2.30. The zero-order valence-electron chi connectivity index (χ0n) is 13.1. The van der Waals surface area contributed by atoms with E-state index in [1.54, 1.807) is 19.1 Å². The lowest BCUT2D eigenvalue weighted by Gasteiger charge is -2.19. The van der Waals surface area contributed by atoms with Crippen LogP contribution in [0.2, 0.25) is 0 Å². The summed E-state index contributed by atoms with van der Waals surface area (Å²) >= 11 is 0. The van der Waals surface area contributed by atoms with Gasteiger partial charge in [-0.1, -0.05) is 12.1 Å². The number of hydrogen-bond acceptors (Lipinski definition) is 5. The largest absolute Gasteiger partial charge is 0.486 e. The lowest BCUT2D eigenvalue weighted by Crippen LogP contribution is -2.24. The molecule has 0 saturated heterocycles. The molecule has 0 atom stereocenters. The monoisotopic (exact) mass is 328 g/mol. The van der Waals surface area contributed by atoms with Crippen LogP contribution in [0.4, 0.5) is 5.69 Å². The average molecular weight is 328 g/mol. The Balaban J connectivity index is 1.72. The summed E-state index contributed by atoms with van der Waals surface area (Å²) in [6, 6.07) is 9.91. The predicted octanol–water partition coefficient (Wildman–Crippen LogP) is 2.60. The van der Waals surface area contributed by atoms with E-state index >= 15 is 0 Å². The highest BCUT2D eigenvalue weighted by atomic mass is 16.6. The molecule has 0 radical (unpaired) electrons. The lowest BCUT2D eigenvalue weighted by molar-refractivity contribution is -0.385. The second-order valence-electron chi connectivity index (χ2n) is 5.37. The maximum absolute atomic E-state index is 12.3. The first-order valence-electron chi connectivity index (χ1n) is 7.47. The highest BCUT2D eigenvalue weighted by Gasteiger charge is 2.18. The van der Waals surface area contributed by atoms with Gasteiger partial charge in [-0.3, -0.25) is 14.9 Å². The van der Waals surface area contributed by atoms with Crippen LogP contribution < -0.4 is 14.8 Å². The number of nitro groups is 1. The van der Waals surface area contributed by atoms with Crippen LogP contribution in [0.5, 0.6) is 11.5 Å². The van der Waals surface area contributed by atoms with E-state index in [4.69, 9.17) is 9.47 Å². The number of hydrogen-bond donors (Lipinski definition) is 1. The van der Waals surface area contributed by atoms with Crippen LogP contribution in [0.15, 0.2) is 36.4 Å². The molecule has 0 aliphatic carbocycles. The summed E-state index contributed by atoms with van der Waals surface area (Å²) in [5.41, 5.74) is 1.43. The van der Waals surface area contributed by atoms with Gasteiger partial charge in [0.05, 0.1) is 4.92 Å². The van der Waals surface area contributed by atoms with Crippen molar-refractivity contribution in [2.45, 2.75) is 13.5 Å². The average Bonchev–Trinajstić information content (AvgIpc) is 2.59. The van der Waals surface area contributed by atoms with Gasteiger partial charge in [0.25, 0.3) is 11.6 Å². The van der Waals surface area contributed by atoms with Gasteiger partial charge in [0.1, 0.15) is 13.2 Å². The SMILES string of the molecule is Cc1c(C(=O)NCc2ccc3c(c2)OCCO3)cccc1[N+](=O)[O-]. The Hall–Kier alpha value is -3.09. The van der Waals surface area contributed by atoms with E-state index in [0.717, 1.165) is 5.56 Å². The van der Waals surface area contributed by atoms with Gasteiger partial charge in [-0.25, -0.2) is 0 Å². The summed E-state index contributed by atoms with van der Waals surface area (Å²) in [5.74, 6) is 0.983. The first-order valence-corrected chi connectivity index (χ1v) is 7.47. The molecule has 1 heterocycles. The molecule has 2 aromatic carbocycles. The van der Waals surface area contributed by atoms with Crippen LogP contribution in [0.3, 0.4) is 0 Å². The number of nitrogens with one attached hydrogen (secondary N) is 1. The number of carbonyl (C=O) groups is 1. The van der Waals surface area contributed by atoms with Crippen molar-refractivity contribution in [1.29, 1.82) is 0 Å². The van der Waals surface area contributed by atoms with Crippen LogP contribution in [-0.4, -0.2) is 24.0 Å². The van der Waals surface area contributed by atoms with Crippen LogP contribution >= 0.6 is 0 Å². The number of amides is 1. The van der Waals surface area contributed by atoms with Gasteiger partial charge in [0, 0.05) is 23.7 Å². The minimum absolute atomic E-state index is 0.0676. The van der Waals surface area contributed by atoms with Gasteiger partial charge >= 0.3 is 0 Å². The van der Waals surface area contributed by atoms with Gasteiger partial charge < -0.3 is 14.8 Å². The van der Waals surface area contributed by atoms with Crippen molar-refractivity contribution >= 4 is 11.6 Å². The fourth-order valence-corrected chi connectivity index (χ4v) is 2.54. The first-order chi connectivity index (χ1) is 11.6. The van der Waals surface area contributed by atoms with Crippen molar-refractivity contribution in [2.75, 3.05) is 13.2 Å². The van der Waals surface area contributed by atoms with Gasteiger partial charge in [-0.2, -0.15) is 0 Å². The van der Waals surface area contributed by atoms with E-state index in [1.807, 2.05) is 12.1 Å². The van der Waals surface area contributed by atoms with Crippen molar-refractivity contribution in [3.05, 3.63) is 63.2 Å². The summed E-state index contributed by atoms with van der Waals surface area (Å²) in [7, 11) is 0. The molecule has 24 heavy (non-hydrogen) atoms. The van der Waals surface area contributed by atoms with Crippen molar-refractivity contribution in [2.24, 2.45) is 0 Å². The third-order valence-electron chi connectivity index (χ3n) is 3.81. The number of carbonyl (C=O) groups excluding carboxylic acids is 1. The van der Waals surface area contributed by atoms with Crippen LogP contribution in [0, 0.1) is 17.0 Å². The van der Waals surface area contributed by atoms with E-state index in [2.05, 4.69) is 5.32 Å². The van der Waals surface area contributed by atoms with E-state index in [1.165, 1.54) is 12.1 Å². The maximum Gasteiger partial charge on any atom is 0.273 e. The van der Waals surface area contributed by atoms with Crippen LogP contribution in [-0.2, 0) is 6.54 Å². The molecule has 0 aromatic heterocycles. The van der Waals surface area contributed by atoms with Crippen LogP contribution in [0.25, 0.3) is 0 Å². The summed E-state index contributed by atoms with van der Waals surface area (Å²) in [4.78, 5) is 22.8. The molecule has 3 rings (SSSR count). The number of fused-ring (bicyclic) bond motifs is 1. The van der Waals surface area contributed by atoms with Gasteiger partial charge in [0.15, 0.2) is 11.5 Å². The second kappa shape index (κ2) is 6.57. The minimum atomic E-state index is -0.493. The molecule has 2 aromatic rings. The molecule has 7 nitrogen and oxygen atoms in total. The minimum Gasteiger partial charge on any atom is -0.486 e. The van der Waals surface area contributed by atoms with E-state index in [9.17, 15) is 14.9 Å². The number of nitro benzene ring substituents is 1. The van der Waals surface area contributed by atoms with Crippen molar-refractivity contribution in [3.63, 3.8) is 0 Å². The Morgan fingerprint density at radius 1 is 1.21 bits per heavy atom. The fourth-order valence-electron chi connectivity index (χ4n) is 2.54. The topological polar surface area (TPSA) is 90.7 Å². The highest BCUT2D eigenvalue weighted by molar-refractivity contribution is 5.96. The number of rotatable bonds is 4. The third-order valence-corrected chi connectivity index (χ3v) is 3.81. The molecule has 1 aliphatic rings. The van der Waals surface area contributed by atoms with E-state index in [0.29, 0.717) is 35.8 Å². The molecule has 7 heteroatoms. The molecule has 124 valence electrons. The Labute approximate surface area is 138 Å². The lowest BCUT2D eigenvalue weighted by atomic mass is 10.1. The Morgan fingerprint density at radius 2 is 1.96 bits per heavy atom. The number of nitrogens with zero attached hydrogens (tertiary/aromatic N) is 1. The summed E-state index contributed by atoms with van der Waals surface area (Å²) in [6.07, 6.45) is 0. The van der Waals surface area contributed by atoms with Crippen molar-refractivity contribution in [3.8, 4) is 11.5 Å². The predicted molar refractivity (Wildman–Crippen MR) is 86.4 cm³/mol. The molecule has 0 unspecified atom stereocenters. The molecule has 1 aliphatic heterocycles. The maximum atomic E-state index is 12.3. The Morgan fingerprint density at radius 3 is 2.71 bits per heavy atom. The first kappa shape index (κ1) is 15.8. The third kappa shape index (κ3) is 3.15. The van der Waals surface area contributed by atoms with Gasteiger partial charge in [0.2, 0.25) is 0 Å². The van der Waals surface area contributed by atoms with Crippen molar-refractivity contribution < 1.29 is 19.2 Å². The molecule has 0 bridgehead atoms. The standard InChI is InChI=1S/C17H16N2O5/c1-11-13(3-2-4-14(11)19(21)22)17(20)18-10-12-5-6-15-16(9-12)24-8-7-23-15/h2-6,9H,7-8,10H2,1H3,(H,18,20). The molecular formula is C17H16N2O5. The molecule has 1 N–H and O–H groups in total. The number of benzene rings is 2. The zero-order chi connectivity index (χ0) is 17.1. The van der Waals surface area contributed by atoms with Crippen LogP contribution in [0.1, 0.15) is 21.5 Å². The molecular weight excluding hydrogens is 312 g/mol. The van der Waals surface area contributed by atoms with E-state index in [-0.39, 0.29) is 18.1 Å². The fraction of sp³-hybridized carbons (Fsp3) is 0.235. The smallest absolute Gasteiger partial charge is 0.273 e. The van der Waals surface area contributed by atoms with Gasteiger partial charge in [-0.05, 0) is 30.7 Å². The second-order valence-corrected chi connectivity index (χ2v) is 5.37. The summed E-state index contributed by atoms with van der Waals surface area (Å²) < 4.78 is 11.0. The zero-order valence-corrected chi connectivity index (χ0v) is 13.1. The number of ether oxygens (including phenoxy) is 2. The van der Waals surface area contributed by atoms with Crippen molar-refractivity contribution in [1.82, 2.24) is 5.32 Å². The normalized spacial score (nSPS) is 12.5. The molecule has 0 fully saturated rings. The molecule has 1 amide bonds. The summed E-state index contributed by atoms with van der Waals surface area (Å²) in [6.45, 7) is 2.87. The Bertz CT molecular complexity index is 804. The van der Waals surface area contributed by atoms with Gasteiger partial charge in [-0.15, -0.1) is 0 Å². The summed E-state index contributed by atoms with van der Waals surface area (Å²) in [5, 5.41) is 13.7. The Kier molecular flexibility index (Phi) is 4.33. The molecule has 0 spiro atoms. The van der Waals surface area contributed by atoms with E-state index < -0.39 is 4.92 Å².